The number of anilines is 2. The van der Waals surface area contributed by atoms with Crippen LogP contribution in [0.1, 0.15) is 17.3 Å². The van der Waals surface area contributed by atoms with Crippen molar-refractivity contribution in [3.8, 4) is 6.07 Å². The molecule has 0 spiro atoms. The molecule has 1 aromatic carbocycles. The molecule has 9 heteroatoms. The van der Waals surface area contributed by atoms with Crippen LogP contribution in [0.3, 0.4) is 0 Å². The van der Waals surface area contributed by atoms with E-state index in [1.165, 1.54) is 25.1 Å². The van der Waals surface area contributed by atoms with E-state index in [1.54, 1.807) is 0 Å². The molecular formula is C11H11N3O5S. The molecule has 0 radical (unpaired) electrons. The molecule has 0 aliphatic heterocycles. The normalized spacial score (nSPS) is 10.4. The van der Waals surface area contributed by atoms with Crippen molar-refractivity contribution in [3.05, 3.63) is 23.8 Å². The molecule has 0 aliphatic rings. The topological polar surface area (TPSA) is 136 Å². The van der Waals surface area contributed by atoms with Crippen molar-refractivity contribution in [2.75, 3.05) is 15.8 Å². The smallest absolute Gasteiger partial charge is 0.337 e. The van der Waals surface area contributed by atoms with E-state index in [9.17, 15) is 18.0 Å². The zero-order valence-electron chi connectivity index (χ0n) is 10.4. The molecule has 0 unspecified atom stereocenters. The van der Waals surface area contributed by atoms with Crippen LogP contribution in [0, 0.1) is 11.3 Å². The SMILES string of the molecule is CC(=O)Nc1ccc(NS(=O)(=O)CC#N)c(C(=O)O)c1. The maximum atomic E-state index is 11.4. The lowest BCUT2D eigenvalue weighted by Gasteiger charge is -2.10. The minimum Gasteiger partial charge on any atom is -0.478 e. The molecule has 0 saturated heterocycles. The van der Waals surface area contributed by atoms with E-state index >= 15 is 0 Å². The minimum atomic E-state index is -3.94. The minimum absolute atomic E-state index is 0.179. The predicted octanol–water partition coefficient (Wildman–Crippen LogP) is 0.608. The third kappa shape index (κ3) is 4.25. The van der Waals surface area contributed by atoms with E-state index < -0.39 is 21.7 Å². The van der Waals surface area contributed by atoms with Gasteiger partial charge in [0.25, 0.3) is 0 Å². The van der Waals surface area contributed by atoms with Crippen LogP contribution >= 0.6 is 0 Å². The highest BCUT2D eigenvalue weighted by atomic mass is 32.2. The summed E-state index contributed by atoms with van der Waals surface area (Å²) in [7, 11) is -3.94. The number of carboxylic acids is 1. The summed E-state index contributed by atoms with van der Waals surface area (Å²) >= 11 is 0. The number of nitrogens with zero attached hydrogens (tertiary/aromatic N) is 1. The number of hydrogen-bond acceptors (Lipinski definition) is 5. The average Bonchev–Trinajstić information content (AvgIpc) is 2.29. The lowest BCUT2D eigenvalue weighted by Crippen LogP contribution is -2.18. The second-order valence-corrected chi connectivity index (χ2v) is 5.49. The van der Waals surface area contributed by atoms with Crippen molar-refractivity contribution in [2.24, 2.45) is 0 Å². The molecule has 1 rings (SSSR count). The lowest BCUT2D eigenvalue weighted by molar-refractivity contribution is -0.114. The number of aromatic carboxylic acids is 1. The summed E-state index contributed by atoms with van der Waals surface area (Å²) in [5.41, 5.74) is -0.294. The van der Waals surface area contributed by atoms with Gasteiger partial charge in [0.1, 0.15) is 0 Å². The number of sulfonamides is 1. The van der Waals surface area contributed by atoms with Crippen LogP contribution in [0.5, 0.6) is 0 Å². The zero-order valence-corrected chi connectivity index (χ0v) is 11.2. The van der Waals surface area contributed by atoms with Crippen LogP contribution in [0.15, 0.2) is 18.2 Å². The van der Waals surface area contributed by atoms with Crippen molar-refractivity contribution < 1.29 is 23.1 Å². The molecule has 8 nitrogen and oxygen atoms in total. The Morgan fingerprint density at radius 1 is 1.40 bits per heavy atom. The first-order valence-electron chi connectivity index (χ1n) is 5.27. The van der Waals surface area contributed by atoms with E-state index in [0.717, 1.165) is 6.07 Å². The van der Waals surface area contributed by atoms with Gasteiger partial charge >= 0.3 is 5.97 Å². The fraction of sp³-hybridized carbons (Fsp3) is 0.182. The van der Waals surface area contributed by atoms with Gasteiger partial charge in [0, 0.05) is 12.6 Å². The molecule has 106 valence electrons. The summed E-state index contributed by atoms with van der Waals surface area (Å²) in [5, 5.41) is 19.8. The van der Waals surface area contributed by atoms with Crippen molar-refractivity contribution in [1.29, 1.82) is 5.26 Å². The first kappa shape index (κ1) is 15.5. The number of amides is 1. The first-order chi connectivity index (χ1) is 9.25. The summed E-state index contributed by atoms with van der Waals surface area (Å²) in [4.78, 5) is 22.0. The van der Waals surface area contributed by atoms with Gasteiger partial charge in [-0.3, -0.25) is 9.52 Å². The predicted molar refractivity (Wildman–Crippen MR) is 70.7 cm³/mol. The fourth-order valence-corrected chi connectivity index (χ4v) is 2.13. The van der Waals surface area contributed by atoms with Crippen molar-refractivity contribution in [3.63, 3.8) is 0 Å². The van der Waals surface area contributed by atoms with Crippen LogP contribution in [-0.4, -0.2) is 31.2 Å². The van der Waals surface area contributed by atoms with Crippen molar-refractivity contribution in [2.45, 2.75) is 6.92 Å². The number of benzene rings is 1. The number of carbonyl (C=O) groups is 2. The standard InChI is InChI=1S/C11H11N3O5S/c1-7(15)13-8-2-3-10(9(6-8)11(16)17)14-20(18,19)5-4-12/h2-3,6,14H,5H2,1H3,(H,13,15)(H,16,17). The third-order valence-electron chi connectivity index (χ3n) is 2.09. The summed E-state index contributed by atoms with van der Waals surface area (Å²) in [5.74, 6) is -2.55. The highest BCUT2D eigenvalue weighted by molar-refractivity contribution is 7.92. The van der Waals surface area contributed by atoms with E-state index in [0.29, 0.717) is 0 Å². The second kappa shape index (κ2) is 6.03. The number of nitriles is 1. The quantitative estimate of drug-likeness (QED) is 0.728. The van der Waals surface area contributed by atoms with Gasteiger partial charge in [0.15, 0.2) is 5.75 Å². The van der Waals surface area contributed by atoms with Crippen LogP contribution in [0.25, 0.3) is 0 Å². The van der Waals surface area contributed by atoms with E-state index in [-0.39, 0.29) is 22.8 Å². The Bertz CT molecular complexity index is 691. The maximum Gasteiger partial charge on any atom is 0.337 e. The van der Waals surface area contributed by atoms with Crippen LogP contribution < -0.4 is 10.0 Å². The average molecular weight is 297 g/mol. The summed E-state index contributed by atoms with van der Waals surface area (Å²) < 4.78 is 24.9. The zero-order chi connectivity index (χ0) is 15.3. The number of carbonyl (C=O) groups excluding carboxylic acids is 1. The molecular weight excluding hydrogens is 286 g/mol. The molecule has 0 aliphatic carbocycles. The molecule has 0 heterocycles. The summed E-state index contributed by atoms with van der Waals surface area (Å²) in [6, 6.07) is 5.12. The van der Waals surface area contributed by atoms with E-state index in [1.807, 2.05) is 4.72 Å². The van der Waals surface area contributed by atoms with Crippen LogP contribution in [-0.2, 0) is 14.8 Å². The van der Waals surface area contributed by atoms with Gasteiger partial charge in [-0.2, -0.15) is 5.26 Å². The van der Waals surface area contributed by atoms with Gasteiger partial charge in [-0.25, -0.2) is 13.2 Å². The van der Waals surface area contributed by atoms with Gasteiger partial charge in [-0.1, -0.05) is 0 Å². The molecule has 0 fully saturated rings. The van der Waals surface area contributed by atoms with Crippen molar-refractivity contribution in [1.82, 2.24) is 0 Å². The number of nitrogens with one attached hydrogen (secondary N) is 2. The van der Waals surface area contributed by atoms with Gasteiger partial charge in [0.2, 0.25) is 15.9 Å². The molecule has 0 atom stereocenters. The molecule has 20 heavy (non-hydrogen) atoms. The third-order valence-corrected chi connectivity index (χ3v) is 3.13. The second-order valence-electron chi connectivity index (χ2n) is 3.77. The largest absolute Gasteiger partial charge is 0.478 e. The Morgan fingerprint density at radius 3 is 2.55 bits per heavy atom. The summed E-state index contributed by atoms with van der Waals surface area (Å²) in [6.07, 6.45) is 0. The molecule has 1 amide bonds. The Hall–Kier alpha value is -2.60. The maximum absolute atomic E-state index is 11.4. The molecule has 0 bridgehead atoms. The molecule has 0 aromatic heterocycles. The first-order valence-corrected chi connectivity index (χ1v) is 6.93. The highest BCUT2D eigenvalue weighted by Crippen LogP contribution is 2.22. The number of rotatable bonds is 5. The van der Waals surface area contributed by atoms with Crippen molar-refractivity contribution >= 4 is 33.3 Å². The van der Waals surface area contributed by atoms with Crippen LogP contribution in [0.4, 0.5) is 11.4 Å². The molecule has 0 saturated carbocycles. The number of hydrogen-bond donors (Lipinski definition) is 3. The Balaban J connectivity index is 3.18. The monoisotopic (exact) mass is 297 g/mol. The summed E-state index contributed by atoms with van der Waals surface area (Å²) in [6.45, 7) is 1.25. The molecule has 3 N–H and O–H groups in total. The fourth-order valence-electron chi connectivity index (χ4n) is 1.38. The lowest BCUT2D eigenvalue weighted by atomic mass is 10.1. The van der Waals surface area contributed by atoms with Gasteiger partial charge in [0.05, 0.1) is 17.3 Å². The number of carboxylic acid groups (broad SMARTS) is 1. The van der Waals surface area contributed by atoms with Gasteiger partial charge in [-0.15, -0.1) is 0 Å². The van der Waals surface area contributed by atoms with Gasteiger partial charge < -0.3 is 10.4 Å². The Morgan fingerprint density at radius 2 is 2.05 bits per heavy atom. The van der Waals surface area contributed by atoms with Crippen LogP contribution in [0.2, 0.25) is 0 Å². The Labute approximate surface area is 115 Å². The molecule has 1 aromatic rings. The van der Waals surface area contributed by atoms with E-state index in [4.69, 9.17) is 10.4 Å². The van der Waals surface area contributed by atoms with Gasteiger partial charge in [-0.05, 0) is 18.2 Å². The van der Waals surface area contributed by atoms with E-state index in [2.05, 4.69) is 5.32 Å². The Kier molecular flexibility index (Phi) is 4.66. The highest BCUT2D eigenvalue weighted by Gasteiger charge is 2.17.